The van der Waals surface area contributed by atoms with E-state index in [9.17, 15) is 4.79 Å². The summed E-state index contributed by atoms with van der Waals surface area (Å²) in [4.78, 5) is 11.8. The standard InChI is InChI=1S/C35H62O5Si2/c1-23-29(39-41(11,12)32(4,5)6)21-35(22-30(23)40-42(13,14)33(7,8)9)31(38-35)20-26-16-15-19-34(10)27(17-18-28(26)34)24(2)37-25(3)36/h20,24,27-31H,1,15-19,21-22H2,2-14H3/t24-,27+,28-,29+,30+,31?,34+/m0/s1. The highest BCUT2D eigenvalue weighted by Crippen LogP contribution is 2.60. The first-order valence-electron chi connectivity index (χ1n) is 16.6. The van der Waals surface area contributed by atoms with Crippen LogP contribution in [0.3, 0.4) is 0 Å². The number of hydrogen-bond donors (Lipinski definition) is 0. The number of carbonyl (C=O) groups excluding carboxylic acids is 1. The van der Waals surface area contributed by atoms with Gasteiger partial charge in [0.15, 0.2) is 16.6 Å². The Morgan fingerprint density at radius 1 is 1.00 bits per heavy atom. The van der Waals surface area contributed by atoms with Gasteiger partial charge in [0.1, 0.15) is 17.8 Å². The zero-order valence-electron chi connectivity index (χ0n) is 29.2. The SMILES string of the molecule is C=C1[C@H](O[Si](C)(C)C(C)(C)C)CC2(C[C@H]1O[Si](C)(C)C(C)(C)C)OC2C=C1CCC[C@]2(C)[C@@H]([C@H](C)OC(C)=O)CC[C@@H]12. The fourth-order valence-electron chi connectivity index (χ4n) is 7.80. The third kappa shape index (κ3) is 6.47. The molecule has 240 valence electrons. The van der Waals surface area contributed by atoms with Crippen molar-refractivity contribution in [2.45, 2.75) is 174 Å². The molecule has 1 heterocycles. The molecule has 1 unspecified atom stereocenters. The summed E-state index contributed by atoms with van der Waals surface area (Å²) in [5.74, 6) is 0.775. The van der Waals surface area contributed by atoms with E-state index in [2.05, 4.69) is 94.2 Å². The van der Waals surface area contributed by atoms with Crippen LogP contribution in [0.25, 0.3) is 0 Å². The zero-order valence-corrected chi connectivity index (χ0v) is 31.2. The van der Waals surface area contributed by atoms with Crippen LogP contribution < -0.4 is 0 Å². The number of allylic oxidation sites excluding steroid dienone is 1. The Kier molecular flexibility index (Phi) is 9.15. The molecule has 3 saturated carbocycles. The van der Waals surface area contributed by atoms with Gasteiger partial charge in [-0.3, -0.25) is 4.79 Å². The van der Waals surface area contributed by atoms with Crippen molar-refractivity contribution < 1.29 is 23.1 Å². The fraction of sp³-hybridized carbons (Fsp3) is 0.857. The summed E-state index contributed by atoms with van der Waals surface area (Å²) in [5, 5.41) is 0.239. The quantitative estimate of drug-likeness (QED) is 0.123. The van der Waals surface area contributed by atoms with Crippen molar-refractivity contribution in [2.75, 3.05) is 0 Å². The molecule has 7 atom stereocenters. The third-order valence-electron chi connectivity index (χ3n) is 12.5. The Morgan fingerprint density at radius 2 is 1.52 bits per heavy atom. The summed E-state index contributed by atoms with van der Waals surface area (Å²) in [6.45, 7) is 33.9. The smallest absolute Gasteiger partial charge is 0.302 e. The second kappa shape index (κ2) is 11.3. The molecule has 42 heavy (non-hydrogen) atoms. The number of ether oxygens (including phenoxy) is 2. The van der Waals surface area contributed by atoms with Gasteiger partial charge in [0.2, 0.25) is 0 Å². The third-order valence-corrected chi connectivity index (χ3v) is 21.5. The number of esters is 1. The van der Waals surface area contributed by atoms with E-state index in [-0.39, 0.29) is 51.5 Å². The van der Waals surface area contributed by atoms with Crippen molar-refractivity contribution in [3.63, 3.8) is 0 Å². The van der Waals surface area contributed by atoms with Crippen molar-refractivity contribution in [3.05, 3.63) is 23.8 Å². The zero-order chi connectivity index (χ0) is 31.7. The first-order valence-corrected chi connectivity index (χ1v) is 22.4. The van der Waals surface area contributed by atoms with Crippen molar-refractivity contribution in [1.29, 1.82) is 0 Å². The van der Waals surface area contributed by atoms with Gasteiger partial charge in [-0.25, -0.2) is 0 Å². The summed E-state index contributed by atoms with van der Waals surface area (Å²) in [6, 6.07) is 0. The number of rotatable bonds is 7. The Labute approximate surface area is 259 Å². The summed E-state index contributed by atoms with van der Waals surface area (Å²) in [7, 11) is -4.06. The van der Waals surface area contributed by atoms with Gasteiger partial charge in [-0.1, -0.05) is 66.7 Å². The molecule has 4 rings (SSSR count). The van der Waals surface area contributed by atoms with E-state index < -0.39 is 16.6 Å². The fourth-order valence-corrected chi connectivity index (χ4v) is 10.4. The molecule has 0 bridgehead atoms. The molecule has 1 aliphatic heterocycles. The minimum Gasteiger partial charge on any atom is -0.463 e. The molecule has 3 aliphatic carbocycles. The van der Waals surface area contributed by atoms with E-state index >= 15 is 0 Å². The number of epoxide rings is 1. The summed E-state index contributed by atoms with van der Waals surface area (Å²) in [5.41, 5.74) is 2.60. The molecule has 1 spiro atoms. The summed E-state index contributed by atoms with van der Waals surface area (Å²) in [6.07, 6.45) is 10.0. The van der Waals surface area contributed by atoms with E-state index in [4.69, 9.17) is 18.3 Å². The van der Waals surface area contributed by atoms with E-state index in [1.807, 2.05) is 0 Å². The molecule has 1 saturated heterocycles. The van der Waals surface area contributed by atoms with Crippen LogP contribution in [-0.4, -0.2) is 52.6 Å². The second-order valence-electron chi connectivity index (χ2n) is 17.5. The largest absolute Gasteiger partial charge is 0.463 e. The maximum absolute atomic E-state index is 11.8. The Hall–Kier alpha value is -0.736. The Morgan fingerprint density at radius 3 is 2.00 bits per heavy atom. The monoisotopic (exact) mass is 618 g/mol. The molecule has 0 aromatic heterocycles. The summed E-state index contributed by atoms with van der Waals surface area (Å²) < 4.78 is 26.6. The van der Waals surface area contributed by atoms with Gasteiger partial charge in [-0.2, -0.15) is 0 Å². The predicted octanol–water partition coefficient (Wildman–Crippen LogP) is 9.35. The average molecular weight is 619 g/mol. The highest BCUT2D eigenvalue weighted by atomic mass is 28.4. The van der Waals surface area contributed by atoms with Crippen molar-refractivity contribution in [1.82, 2.24) is 0 Å². The van der Waals surface area contributed by atoms with Crippen LogP contribution in [0.5, 0.6) is 0 Å². The lowest BCUT2D eigenvalue weighted by Crippen LogP contribution is -2.52. The molecule has 0 amide bonds. The molecule has 0 aromatic rings. The highest BCUT2D eigenvalue weighted by molar-refractivity contribution is 6.74. The van der Waals surface area contributed by atoms with Gasteiger partial charge in [-0.05, 0) is 92.2 Å². The lowest BCUT2D eigenvalue weighted by atomic mass is 9.62. The second-order valence-corrected chi connectivity index (χ2v) is 27.0. The van der Waals surface area contributed by atoms with Crippen LogP contribution >= 0.6 is 0 Å². The minimum atomic E-state index is -2.03. The van der Waals surface area contributed by atoms with Crippen molar-refractivity contribution >= 4 is 22.6 Å². The first kappa shape index (κ1) is 34.1. The van der Waals surface area contributed by atoms with E-state index in [0.717, 1.165) is 31.3 Å². The van der Waals surface area contributed by atoms with Gasteiger partial charge < -0.3 is 18.3 Å². The maximum Gasteiger partial charge on any atom is 0.302 e. The molecule has 4 fully saturated rings. The van der Waals surface area contributed by atoms with Crippen LogP contribution in [0.2, 0.25) is 36.3 Å². The molecule has 0 aromatic carbocycles. The van der Waals surface area contributed by atoms with Gasteiger partial charge in [0.25, 0.3) is 0 Å². The van der Waals surface area contributed by atoms with Crippen LogP contribution in [0.1, 0.15) is 107 Å². The van der Waals surface area contributed by atoms with Crippen LogP contribution in [0.15, 0.2) is 23.8 Å². The van der Waals surface area contributed by atoms with Gasteiger partial charge in [0, 0.05) is 25.7 Å². The molecule has 0 radical (unpaired) electrons. The topological polar surface area (TPSA) is 57.3 Å². The van der Waals surface area contributed by atoms with Gasteiger partial charge >= 0.3 is 5.97 Å². The van der Waals surface area contributed by atoms with E-state index in [0.29, 0.717) is 11.8 Å². The first-order chi connectivity index (χ1) is 19.0. The summed E-state index contributed by atoms with van der Waals surface area (Å²) >= 11 is 0. The lowest BCUT2D eigenvalue weighted by molar-refractivity contribution is -0.150. The van der Waals surface area contributed by atoms with Crippen LogP contribution in [0, 0.1) is 17.3 Å². The lowest BCUT2D eigenvalue weighted by Gasteiger charge is -2.47. The predicted molar refractivity (Wildman–Crippen MR) is 178 cm³/mol. The molecular formula is C35H62O5Si2. The molecule has 7 heteroatoms. The molecule has 0 N–H and O–H groups in total. The Balaban J connectivity index is 1.60. The minimum absolute atomic E-state index is 0.0359. The average Bonchev–Trinajstić information content (AvgIpc) is 3.30. The number of hydrogen-bond acceptors (Lipinski definition) is 5. The van der Waals surface area contributed by atoms with Crippen molar-refractivity contribution in [2.24, 2.45) is 17.3 Å². The van der Waals surface area contributed by atoms with Crippen LogP contribution in [0.4, 0.5) is 0 Å². The molecule has 5 nitrogen and oxygen atoms in total. The van der Waals surface area contributed by atoms with Crippen molar-refractivity contribution in [3.8, 4) is 0 Å². The van der Waals surface area contributed by atoms with E-state index in [1.165, 1.54) is 26.2 Å². The normalized spacial score (nSPS) is 37.6. The van der Waals surface area contributed by atoms with Crippen LogP contribution in [-0.2, 0) is 23.1 Å². The van der Waals surface area contributed by atoms with Gasteiger partial charge in [-0.15, -0.1) is 0 Å². The number of fused-ring (bicyclic) bond motifs is 1. The van der Waals surface area contributed by atoms with E-state index in [1.54, 1.807) is 5.57 Å². The molecular weight excluding hydrogens is 557 g/mol. The molecule has 4 aliphatic rings. The van der Waals surface area contributed by atoms with Gasteiger partial charge in [0.05, 0.1) is 12.2 Å². The highest BCUT2D eigenvalue weighted by Gasteiger charge is 2.62. The maximum atomic E-state index is 11.8. The Bertz CT molecular complexity index is 1040. The number of carbonyl (C=O) groups is 1.